The standard InChI is InChI=1S/C16H18FNO3/c1-9-7-13(14(16(20)21)8-10(9)2)15(19)18-12-5-3-11(17)4-6-12/h3-6,13-14H,7-8H2,1-2H3,(H,18,19)(H,20,21)/t13-,14-/m1/s1. The molecule has 112 valence electrons. The summed E-state index contributed by atoms with van der Waals surface area (Å²) in [6.45, 7) is 3.82. The molecule has 1 aliphatic rings. The number of carboxylic acids is 1. The number of hydrogen-bond donors (Lipinski definition) is 2. The summed E-state index contributed by atoms with van der Waals surface area (Å²) in [4.78, 5) is 23.7. The van der Waals surface area contributed by atoms with Crippen molar-refractivity contribution in [2.75, 3.05) is 5.32 Å². The molecule has 0 aliphatic heterocycles. The Hall–Kier alpha value is -2.17. The number of aliphatic carboxylic acids is 1. The van der Waals surface area contributed by atoms with Crippen molar-refractivity contribution in [2.24, 2.45) is 11.8 Å². The van der Waals surface area contributed by atoms with Crippen molar-refractivity contribution in [3.8, 4) is 0 Å². The second kappa shape index (κ2) is 6.08. The van der Waals surface area contributed by atoms with Crippen LogP contribution in [0.25, 0.3) is 0 Å². The van der Waals surface area contributed by atoms with E-state index >= 15 is 0 Å². The van der Waals surface area contributed by atoms with E-state index in [2.05, 4.69) is 5.32 Å². The van der Waals surface area contributed by atoms with Crippen LogP contribution in [0.1, 0.15) is 26.7 Å². The molecule has 1 aliphatic carbocycles. The normalized spacial score (nSPS) is 22.0. The first-order valence-corrected chi connectivity index (χ1v) is 6.83. The van der Waals surface area contributed by atoms with Gasteiger partial charge in [0.2, 0.25) is 5.91 Å². The molecule has 0 bridgehead atoms. The highest BCUT2D eigenvalue weighted by molar-refractivity contribution is 5.95. The molecule has 0 aromatic heterocycles. The molecule has 1 aromatic carbocycles. The Labute approximate surface area is 122 Å². The molecule has 4 nitrogen and oxygen atoms in total. The van der Waals surface area contributed by atoms with Crippen LogP contribution in [0.2, 0.25) is 0 Å². The summed E-state index contributed by atoms with van der Waals surface area (Å²) in [5.41, 5.74) is 2.56. The van der Waals surface area contributed by atoms with Gasteiger partial charge in [-0.05, 0) is 51.0 Å². The van der Waals surface area contributed by atoms with Crippen LogP contribution in [0.15, 0.2) is 35.4 Å². The molecular weight excluding hydrogens is 273 g/mol. The van der Waals surface area contributed by atoms with E-state index in [9.17, 15) is 19.1 Å². The molecule has 5 heteroatoms. The summed E-state index contributed by atoms with van der Waals surface area (Å²) in [7, 11) is 0. The van der Waals surface area contributed by atoms with Crippen LogP contribution in [0.3, 0.4) is 0 Å². The number of carbonyl (C=O) groups is 2. The summed E-state index contributed by atoms with van der Waals surface area (Å²) >= 11 is 0. The van der Waals surface area contributed by atoms with Crippen LogP contribution in [0.4, 0.5) is 10.1 Å². The number of carbonyl (C=O) groups excluding carboxylic acids is 1. The highest BCUT2D eigenvalue weighted by Crippen LogP contribution is 2.35. The zero-order valence-corrected chi connectivity index (χ0v) is 12.0. The smallest absolute Gasteiger partial charge is 0.307 e. The zero-order valence-electron chi connectivity index (χ0n) is 12.0. The lowest BCUT2D eigenvalue weighted by Gasteiger charge is -2.29. The van der Waals surface area contributed by atoms with Crippen molar-refractivity contribution >= 4 is 17.6 Å². The minimum atomic E-state index is -0.957. The molecule has 2 rings (SSSR count). The number of halogens is 1. The third-order valence-electron chi connectivity index (χ3n) is 4.03. The fraction of sp³-hybridized carbons (Fsp3) is 0.375. The van der Waals surface area contributed by atoms with Gasteiger partial charge >= 0.3 is 5.97 Å². The van der Waals surface area contributed by atoms with Crippen molar-refractivity contribution in [1.82, 2.24) is 0 Å². The monoisotopic (exact) mass is 291 g/mol. The lowest BCUT2D eigenvalue weighted by molar-refractivity contribution is -0.146. The first-order valence-electron chi connectivity index (χ1n) is 6.83. The van der Waals surface area contributed by atoms with Gasteiger partial charge in [0, 0.05) is 5.69 Å². The molecule has 0 fully saturated rings. The number of hydrogen-bond acceptors (Lipinski definition) is 2. The molecule has 1 aromatic rings. The Morgan fingerprint density at radius 3 is 2.14 bits per heavy atom. The SMILES string of the molecule is CC1=C(C)C[C@@H](C(=O)Nc2ccc(F)cc2)[C@H](C(=O)O)C1. The molecule has 0 heterocycles. The highest BCUT2D eigenvalue weighted by atomic mass is 19.1. The lowest BCUT2D eigenvalue weighted by Crippen LogP contribution is -2.36. The Balaban J connectivity index is 2.16. The number of benzene rings is 1. The van der Waals surface area contributed by atoms with E-state index in [1.807, 2.05) is 13.8 Å². The number of anilines is 1. The van der Waals surface area contributed by atoms with Crippen molar-refractivity contribution in [1.29, 1.82) is 0 Å². The van der Waals surface area contributed by atoms with Gasteiger partial charge in [-0.1, -0.05) is 11.1 Å². The minimum Gasteiger partial charge on any atom is -0.481 e. The molecule has 0 unspecified atom stereocenters. The average Bonchev–Trinajstić information content (AvgIpc) is 2.43. The Morgan fingerprint density at radius 2 is 1.62 bits per heavy atom. The van der Waals surface area contributed by atoms with Gasteiger partial charge in [0.15, 0.2) is 0 Å². The summed E-state index contributed by atoms with van der Waals surface area (Å²) < 4.78 is 12.8. The molecule has 21 heavy (non-hydrogen) atoms. The van der Waals surface area contributed by atoms with E-state index in [4.69, 9.17) is 0 Å². The first-order chi connectivity index (χ1) is 9.88. The molecule has 0 radical (unpaired) electrons. The largest absolute Gasteiger partial charge is 0.481 e. The lowest BCUT2D eigenvalue weighted by atomic mass is 9.76. The van der Waals surface area contributed by atoms with E-state index in [0.29, 0.717) is 18.5 Å². The molecule has 1 amide bonds. The van der Waals surface area contributed by atoms with Crippen molar-refractivity contribution in [3.05, 3.63) is 41.2 Å². The number of carboxylic acid groups (broad SMARTS) is 1. The molecular formula is C16H18FNO3. The third-order valence-corrected chi connectivity index (χ3v) is 4.03. The minimum absolute atomic E-state index is 0.333. The van der Waals surface area contributed by atoms with Gasteiger partial charge in [-0.3, -0.25) is 9.59 Å². The third kappa shape index (κ3) is 3.48. The maximum Gasteiger partial charge on any atom is 0.307 e. The molecule has 0 spiro atoms. The number of nitrogens with one attached hydrogen (secondary N) is 1. The Kier molecular flexibility index (Phi) is 4.40. The van der Waals surface area contributed by atoms with Gasteiger partial charge in [-0.15, -0.1) is 0 Å². The predicted octanol–water partition coefficient (Wildman–Crippen LogP) is 3.21. The van der Waals surface area contributed by atoms with E-state index in [0.717, 1.165) is 11.1 Å². The van der Waals surface area contributed by atoms with Crippen molar-refractivity contribution < 1.29 is 19.1 Å². The Morgan fingerprint density at radius 1 is 1.10 bits per heavy atom. The number of amides is 1. The number of rotatable bonds is 3. The second-order valence-corrected chi connectivity index (χ2v) is 5.52. The van der Waals surface area contributed by atoms with Crippen LogP contribution in [-0.4, -0.2) is 17.0 Å². The van der Waals surface area contributed by atoms with Gasteiger partial charge in [0.05, 0.1) is 11.8 Å². The average molecular weight is 291 g/mol. The van der Waals surface area contributed by atoms with Gasteiger partial charge < -0.3 is 10.4 Å². The van der Waals surface area contributed by atoms with E-state index < -0.39 is 17.8 Å². The van der Waals surface area contributed by atoms with Gasteiger partial charge in [0.25, 0.3) is 0 Å². The maximum atomic E-state index is 12.8. The molecule has 0 saturated carbocycles. The second-order valence-electron chi connectivity index (χ2n) is 5.52. The molecule has 0 saturated heterocycles. The predicted molar refractivity (Wildman–Crippen MR) is 77.3 cm³/mol. The molecule has 2 atom stereocenters. The van der Waals surface area contributed by atoms with Crippen molar-refractivity contribution in [2.45, 2.75) is 26.7 Å². The summed E-state index contributed by atoms with van der Waals surface area (Å²) in [6, 6.07) is 5.42. The van der Waals surface area contributed by atoms with Crippen LogP contribution in [0.5, 0.6) is 0 Å². The van der Waals surface area contributed by atoms with Crippen LogP contribution in [-0.2, 0) is 9.59 Å². The summed E-state index contributed by atoms with van der Waals surface area (Å²) in [5, 5.41) is 12.0. The number of allylic oxidation sites excluding steroid dienone is 2. The summed E-state index contributed by atoms with van der Waals surface area (Å²) in [6.07, 6.45) is 0.832. The first kappa shape index (κ1) is 15.2. The quantitative estimate of drug-likeness (QED) is 0.840. The van der Waals surface area contributed by atoms with E-state index in [-0.39, 0.29) is 11.7 Å². The van der Waals surface area contributed by atoms with Crippen molar-refractivity contribution in [3.63, 3.8) is 0 Å². The van der Waals surface area contributed by atoms with Crippen LogP contribution < -0.4 is 5.32 Å². The fourth-order valence-electron chi connectivity index (χ4n) is 2.60. The highest BCUT2D eigenvalue weighted by Gasteiger charge is 2.37. The van der Waals surface area contributed by atoms with Crippen LogP contribution in [0, 0.1) is 17.7 Å². The zero-order chi connectivity index (χ0) is 15.6. The fourth-order valence-corrected chi connectivity index (χ4v) is 2.60. The van der Waals surface area contributed by atoms with Crippen LogP contribution >= 0.6 is 0 Å². The van der Waals surface area contributed by atoms with E-state index in [1.54, 1.807) is 0 Å². The van der Waals surface area contributed by atoms with Gasteiger partial charge in [-0.25, -0.2) is 4.39 Å². The Bertz CT molecular complexity index is 592. The van der Waals surface area contributed by atoms with Gasteiger partial charge in [-0.2, -0.15) is 0 Å². The molecule has 2 N–H and O–H groups in total. The van der Waals surface area contributed by atoms with E-state index in [1.165, 1.54) is 24.3 Å². The topological polar surface area (TPSA) is 66.4 Å². The summed E-state index contributed by atoms with van der Waals surface area (Å²) in [5.74, 6) is -2.99. The maximum absolute atomic E-state index is 12.8. The van der Waals surface area contributed by atoms with Gasteiger partial charge in [0.1, 0.15) is 5.82 Å².